The molecular weight excluding hydrogens is 803 g/mol. The van der Waals surface area contributed by atoms with Gasteiger partial charge in [0, 0.05) is 56.3 Å². The largest absolute Gasteiger partial charge is 0.493 e. The topological polar surface area (TPSA) is 188 Å². The molecule has 2 fully saturated rings. The summed E-state index contributed by atoms with van der Waals surface area (Å²) in [5.74, 6) is -0.320. The van der Waals surface area contributed by atoms with Crippen LogP contribution in [-0.4, -0.2) is 121 Å². The van der Waals surface area contributed by atoms with Gasteiger partial charge in [0.2, 0.25) is 11.6 Å². The molecule has 62 heavy (non-hydrogen) atoms. The van der Waals surface area contributed by atoms with E-state index in [9.17, 15) is 29.1 Å². The normalized spacial score (nSPS) is 20.2. The smallest absolute Gasteiger partial charge is 0.416 e. The number of methoxy groups -OCH3 is 3. The van der Waals surface area contributed by atoms with E-state index in [2.05, 4.69) is 18.2 Å². The SMILES string of the molecule is C=C1C[C@H]2C=Nc3cc(OCCCCCOc4cc5c(cc4OC)C(=O)N4CC(=C)C[C@H]4C(O)N5C(=O)OCc4cn(C)c5c4C(=O)C(OC)=CC5=O)c(OC)cc3C(=O)N2C1. The molecule has 3 amide bonds. The lowest BCUT2D eigenvalue weighted by molar-refractivity contribution is 0.0485. The van der Waals surface area contributed by atoms with Gasteiger partial charge in [-0.2, -0.15) is 0 Å². The number of rotatable bonds is 13. The number of benzene rings is 2. The molecule has 8 rings (SSSR count). The Kier molecular flexibility index (Phi) is 11.4. The fourth-order valence-electron chi connectivity index (χ4n) is 8.62. The van der Waals surface area contributed by atoms with Gasteiger partial charge in [-0.05, 0) is 44.2 Å². The van der Waals surface area contributed by atoms with Crippen molar-refractivity contribution in [3.63, 3.8) is 0 Å². The number of aryl methyl sites for hydroxylation is 1. The van der Waals surface area contributed by atoms with Crippen molar-refractivity contribution in [1.82, 2.24) is 14.4 Å². The van der Waals surface area contributed by atoms with Crippen LogP contribution < -0.4 is 23.8 Å². The van der Waals surface area contributed by atoms with E-state index >= 15 is 0 Å². The van der Waals surface area contributed by atoms with Crippen LogP contribution in [0.5, 0.6) is 23.0 Å². The van der Waals surface area contributed by atoms with Crippen molar-refractivity contribution in [2.75, 3.05) is 52.5 Å². The zero-order valence-corrected chi connectivity index (χ0v) is 34.9. The summed E-state index contributed by atoms with van der Waals surface area (Å²) in [6.45, 7) is 8.87. The fourth-order valence-corrected chi connectivity index (χ4v) is 8.62. The number of unbranched alkanes of at least 4 members (excludes halogenated alkanes) is 2. The lowest BCUT2D eigenvalue weighted by Gasteiger charge is -2.31. The maximum atomic E-state index is 14.1. The minimum Gasteiger partial charge on any atom is -0.493 e. The zero-order valence-electron chi connectivity index (χ0n) is 34.9. The molecule has 2 aromatic carbocycles. The summed E-state index contributed by atoms with van der Waals surface area (Å²) in [5.41, 5.74) is 3.19. The van der Waals surface area contributed by atoms with Crippen LogP contribution in [0.15, 0.2) is 71.6 Å². The van der Waals surface area contributed by atoms with Gasteiger partial charge in [-0.1, -0.05) is 24.3 Å². The Hall–Kier alpha value is -6.88. The molecule has 0 bridgehead atoms. The van der Waals surface area contributed by atoms with E-state index in [0.29, 0.717) is 67.2 Å². The van der Waals surface area contributed by atoms with Crippen LogP contribution in [0.1, 0.15) is 79.2 Å². The number of anilines is 1. The van der Waals surface area contributed by atoms with Crippen molar-refractivity contribution in [2.24, 2.45) is 12.0 Å². The number of aliphatic imine (C=N–C) groups is 1. The lowest BCUT2D eigenvalue weighted by Crippen LogP contribution is -2.50. The van der Waals surface area contributed by atoms with Crippen molar-refractivity contribution >= 4 is 47.1 Å². The number of hydrogen-bond acceptors (Lipinski definition) is 13. The molecule has 4 aliphatic heterocycles. The molecule has 3 atom stereocenters. The number of aliphatic hydroxyl groups excluding tert-OH is 1. The Balaban J connectivity index is 0.949. The highest BCUT2D eigenvalue weighted by Gasteiger charge is 2.46. The average molecular weight is 850 g/mol. The first kappa shape index (κ1) is 41.8. The molecule has 1 N–H and O–H groups in total. The van der Waals surface area contributed by atoms with Crippen molar-refractivity contribution in [1.29, 1.82) is 0 Å². The highest BCUT2D eigenvalue weighted by molar-refractivity contribution is 6.24. The Bertz CT molecular complexity index is 2490. The second-order valence-electron chi connectivity index (χ2n) is 15.7. The predicted molar refractivity (Wildman–Crippen MR) is 224 cm³/mol. The third-order valence-corrected chi connectivity index (χ3v) is 11.7. The van der Waals surface area contributed by atoms with Gasteiger partial charge < -0.3 is 47.9 Å². The van der Waals surface area contributed by atoms with E-state index in [1.54, 1.807) is 30.3 Å². The van der Waals surface area contributed by atoms with Crippen LogP contribution in [0.2, 0.25) is 0 Å². The first-order chi connectivity index (χ1) is 29.8. The fraction of sp³-hybridized carbons (Fsp3) is 0.378. The van der Waals surface area contributed by atoms with E-state index in [-0.39, 0.29) is 76.9 Å². The van der Waals surface area contributed by atoms with Crippen molar-refractivity contribution in [3.8, 4) is 23.0 Å². The van der Waals surface area contributed by atoms with Gasteiger partial charge in [0.05, 0.1) is 74.7 Å². The number of Topliss-reactive ketones (excluding diaryl/α,β-unsaturated/α-hetero) is 1. The number of aromatic nitrogens is 1. The molecule has 1 aromatic heterocycles. The summed E-state index contributed by atoms with van der Waals surface area (Å²) in [7, 11) is 5.84. The zero-order chi connectivity index (χ0) is 44.0. The quantitative estimate of drug-likeness (QED) is 0.173. The average Bonchev–Trinajstić information content (AvgIpc) is 3.92. The number of nitrogens with zero attached hydrogens (tertiary/aromatic N) is 5. The molecule has 1 unspecified atom stereocenters. The number of ketones is 2. The van der Waals surface area contributed by atoms with Crippen LogP contribution in [-0.2, 0) is 23.1 Å². The number of allylic oxidation sites excluding steroid dienone is 2. The highest BCUT2D eigenvalue weighted by Crippen LogP contribution is 2.43. The van der Waals surface area contributed by atoms with E-state index in [1.165, 1.54) is 49.1 Å². The summed E-state index contributed by atoms with van der Waals surface area (Å²) >= 11 is 0. The Morgan fingerprint density at radius 1 is 0.823 bits per heavy atom. The standard InChI is InChI=1S/C45H47N5O12/c1-24-12-27-19-46-30-16-36(34(57-4)14-28(30)42(53)48(27)20-24)60-10-8-7-9-11-61-37-17-31-29(15-35(37)58-5)43(54)49-21-25(2)13-32(49)44(55)50(31)45(56)62-23-26-22-47(3)40-33(51)18-38(59-6)41(52)39(26)40/h14-19,22,27,32,44,55H,1-2,7-13,20-21,23H2,3-6H3/t27-,32-,44?/m0/s1. The molecule has 0 radical (unpaired) electrons. The number of carbonyl (C=O) groups is 5. The van der Waals surface area contributed by atoms with E-state index < -0.39 is 42.4 Å². The molecule has 0 spiro atoms. The minimum atomic E-state index is -1.55. The summed E-state index contributed by atoms with van der Waals surface area (Å²) < 4.78 is 35.8. The maximum absolute atomic E-state index is 14.1. The molecule has 3 aromatic rings. The summed E-state index contributed by atoms with van der Waals surface area (Å²) in [6, 6.07) is 5.38. The summed E-state index contributed by atoms with van der Waals surface area (Å²) in [4.78, 5) is 76.3. The Morgan fingerprint density at radius 2 is 1.47 bits per heavy atom. The van der Waals surface area contributed by atoms with Crippen molar-refractivity contribution in [2.45, 2.75) is 57.0 Å². The summed E-state index contributed by atoms with van der Waals surface area (Å²) in [5, 5.41) is 11.8. The summed E-state index contributed by atoms with van der Waals surface area (Å²) in [6.07, 6.45) is 4.74. The Morgan fingerprint density at radius 3 is 2.16 bits per heavy atom. The molecule has 1 aliphatic carbocycles. The molecule has 0 saturated carbocycles. The minimum absolute atomic E-state index is 0.0363. The number of hydrogen-bond donors (Lipinski definition) is 1. The maximum Gasteiger partial charge on any atom is 0.416 e. The molecule has 17 heteroatoms. The molecule has 324 valence electrons. The monoisotopic (exact) mass is 849 g/mol. The first-order valence-electron chi connectivity index (χ1n) is 20.2. The molecule has 5 heterocycles. The van der Waals surface area contributed by atoms with Gasteiger partial charge in [-0.15, -0.1) is 0 Å². The molecular formula is C45H47N5O12. The third kappa shape index (κ3) is 7.46. The number of carbonyl (C=O) groups excluding carboxylic acids is 5. The third-order valence-electron chi connectivity index (χ3n) is 11.7. The van der Waals surface area contributed by atoms with Gasteiger partial charge in [0.25, 0.3) is 11.8 Å². The molecule has 17 nitrogen and oxygen atoms in total. The van der Waals surface area contributed by atoms with Gasteiger partial charge in [-0.25, -0.2) is 9.69 Å². The van der Waals surface area contributed by atoms with Crippen LogP contribution in [0.25, 0.3) is 0 Å². The van der Waals surface area contributed by atoms with Gasteiger partial charge in [0.1, 0.15) is 12.3 Å². The number of amides is 3. The number of ether oxygens (including phenoxy) is 6. The second kappa shape index (κ2) is 16.9. The van der Waals surface area contributed by atoms with Gasteiger partial charge >= 0.3 is 6.09 Å². The molecule has 2 saturated heterocycles. The highest BCUT2D eigenvalue weighted by atomic mass is 16.6. The van der Waals surface area contributed by atoms with Crippen molar-refractivity contribution < 1.29 is 57.5 Å². The van der Waals surface area contributed by atoms with Crippen LogP contribution in [0.3, 0.4) is 0 Å². The second-order valence-corrected chi connectivity index (χ2v) is 15.7. The van der Waals surface area contributed by atoms with E-state index in [4.69, 9.17) is 28.4 Å². The Labute approximate surface area is 357 Å². The van der Waals surface area contributed by atoms with Crippen LogP contribution in [0, 0.1) is 0 Å². The first-order valence-corrected chi connectivity index (χ1v) is 20.2. The number of fused-ring (bicyclic) bond motifs is 5. The van der Waals surface area contributed by atoms with Gasteiger partial charge in [0.15, 0.2) is 35.0 Å². The van der Waals surface area contributed by atoms with Crippen LogP contribution >= 0.6 is 0 Å². The van der Waals surface area contributed by atoms with E-state index in [0.717, 1.165) is 16.5 Å². The lowest BCUT2D eigenvalue weighted by atomic mass is 9.97. The van der Waals surface area contributed by atoms with E-state index in [1.807, 2.05) is 0 Å². The van der Waals surface area contributed by atoms with Crippen molar-refractivity contribution in [3.05, 3.63) is 94.5 Å². The van der Waals surface area contributed by atoms with Crippen LogP contribution in [0.4, 0.5) is 16.2 Å². The predicted octanol–water partition coefficient (Wildman–Crippen LogP) is 5.31. The molecule has 5 aliphatic rings. The van der Waals surface area contributed by atoms with Gasteiger partial charge in [-0.3, -0.25) is 24.2 Å². The number of aliphatic hydroxyl groups is 1.